The molecule has 3 N–H and O–H groups in total. The van der Waals surface area contributed by atoms with Gasteiger partial charge in [0.25, 0.3) is 0 Å². The molecule has 0 radical (unpaired) electrons. The summed E-state index contributed by atoms with van der Waals surface area (Å²) >= 11 is 0. The maximum Gasteiger partial charge on any atom is 0.335 e. The van der Waals surface area contributed by atoms with Crippen LogP contribution in [0.3, 0.4) is 0 Å². The molecule has 146 valence electrons. The highest BCUT2D eigenvalue weighted by Crippen LogP contribution is 2.30. The first-order valence-electron chi connectivity index (χ1n) is 9.71. The minimum Gasteiger partial charge on any atom is -0.478 e. The highest BCUT2D eigenvalue weighted by molar-refractivity contribution is 5.92. The highest BCUT2D eigenvalue weighted by Gasteiger charge is 2.19. The zero-order valence-electron chi connectivity index (χ0n) is 15.8. The number of anilines is 1. The Balaban J connectivity index is 1.60. The number of nitrogens with zero attached hydrogens (tertiary/aromatic N) is 4. The SMILES string of the molecule is NC1CCN(c2cccc3ccc(-c4cnc5cc(C(=O)O)ccn45)nc23)CC1. The molecular formula is C22H21N5O2. The third-order valence-electron chi connectivity index (χ3n) is 5.60. The molecule has 29 heavy (non-hydrogen) atoms. The van der Waals surface area contributed by atoms with Crippen LogP contribution in [0, 0.1) is 0 Å². The Bertz CT molecular complexity index is 1220. The van der Waals surface area contributed by atoms with Crippen LogP contribution in [0.5, 0.6) is 0 Å². The van der Waals surface area contributed by atoms with Crippen LogP contribution in [0.4, 0.5) is 5.69 Å². The Kier molecular flexibility index (Phi) is 4.17. The molecular weight excluding hydrogens is 366 g/mol. The van der Waals surface area contributed by atoms with Crippen LogP contribution in [0.25, 0.3) is 27.9 Å². The number of benzene rings is 1. The van der Waals surface area contributed by atoms with Crippen LogP contribution < -0.4 is 10.6 Å². The van der Waals surface area contributed by atoms with Crippen molar-refractivity contribution in [1.29, 1.82) is 0 Å². The first-order chi connectivity index (χ1) is 14.1. The molecule has 0 aliphatic carbocycles. The average Bonchev–Trinajstić information content (AvgIpc) is 3.17. The molecule has 4 aromatic rings. The second-order valence-electron chi connectivity index (χ2n) is 7.46. The summed E-state index contributed by atoms with van der Waals surface area (Å²) in [6.07, 6.45) is 5.42. The number of fused-ring (bicyclic) bond motifs is 2. The Labute approximate surface area is 167 Å². The molecule has 1 aliphatic rings. The van der Waals surface area contributed by atoms with Crippen molar-refractivity contribution in [2.24, 2.45) is 5.73 Å². The number of carboxylic acid groups (broad SMARTS) is 1. The number of pyridine rings is 2. The van der Waals surface area contributed by atoms with E-state index in [4.69, 9.17) is 10.7 Å². The summed E-state index contributed by atoms with van der Waals surface area (Å²) in [5.41, 5.74) is 10.6. The number of carboxylic acids is 1. The molecule has 0 atom stereocenters. The molecule has 7 nitrogen and oxygen atoms in total. The van der Waals surface area contributed by atoms with Crippen LogP contribution in [-0.4, -0.2) is 44.6 Å². The van der Waals surface area contributed by atoms with Crippen LogP contribution in [-0.2, 0) is 0 Å². The largest absolute Gasteiger partial charge is 0.478 e. The van der Waals surface area contributed by atoms with Crippen LogP contribution in [0.15, 0.2) is 54.9 Å². The van der Waals surface area contributed by atoms with E-state index in [0.717, 1.165) is 53.9 Å². The zero-order valence-corrected chi connectivity index (χ0v) is 15.8. The lowest BCUT2D eigenvalue weighted by atomic mass is 10.0. The molecule has 1 saturated heterocycles. The lowest BCUT2D eigenvalue weighted by Gasteiger charge is -2.32. The summed E-state index contributed by atoms with van der Waals surface area (Å²) in [6, 6.07) is 13.7. The molecule has 3 aromatic heterocycles. The monoisotopic (exact) mass is 387 g/mol. The van der Waals surface area contributed by atoms with Gasteiger partial charge in [0.1, 0.15) is 5.65 Å². The number of piperidine rings is 1. The summed E-state index contributed by atoms with van der Waals surface area (Å²) in [5, 5.41) is 10.3. The van der Waals surface area contributed by atoms with Crippen molar-refractivity contribution in [3.63, 3.8) is 0 Å². The fraction of sp³-hybridized carbons (Fsp3) is 0.227. The molecule has 5 rings (SSSR count). The van der Waals surface area contributed by atoms with E-state index >= 15 is 0 Å². The van der Waals surface area contributed by atoms with Gasteiger partial charge in [-0.25, -0.2) is 14.8 Å². The quantitative estimate of drug-likeness (QED) is 0.560. The number of rotatable bonds is 3. The summed E-state index contributed by atoms with van der Waals surface area (Å²) in [6.45, 7) is 1.86. The molecule has 1 fully saturated rings. The maximum atomic E-state index is 11.2. The van der Waals surface area contributed by atoms with Gasteiger partial charge in [0.2, 0.25) is 0 Å². The Hall–Kier alpha value is -3.45. The number of imidazole rings is 1. The molecule has 1 aliphatic heterocycles. The molecule has 0 bridgehead atoms. The number of aromatic nitrogens is 3. The highest BCUT2D eigenvalue weighted by atomic mass is 16.4. The summed E-state index contributed by atoms with van der Waals surface area (Å²) in [4.78, 5) is 22.9. The van der Waals surface area contributed by atoms with Gasteiger partial charge in [-0.3, -0.25) is 4.40 Å². The average molecular weight is 387 g/mol. The Morgan fingerprint density at radius 3 is 2.76 bits per heavy atom. The molecule has 0 saturated carbocycles. The van der Waals surface area contributed by atoms with E-state index in [9.17, 15) is 9.90 Å². The molecule has 0 unspecified atom stereocenters. The van der Waals surface area contributed by atoms with E-state index in [2.05, 4.69) is 34.1 Å². The Morgan fingerprint density at radius 1 is 1.14 bits per heavy atom. The zero-order chi connectivity index (χ0) is 20.0. The number of hydrogen-bond donors (Lipinski definition) is 2. The van der Waals surface area contributed by atoms with Crippen LogP contribution in [0.1, 0.15) is 23.2 Å². The number of nitrogens with two attached hydrogens (primary N) is 1. The van der Waals surface area contributed by atoms with Crippen molar-refractivity contribution in [3.05, 3.63) is 60.4 Å². The fourth-order valence-electron chi connectivity index (χ4n) is 3.97. The standard InChI is InChI=1S/C22H21N5O2/c23-16-7-9-26(10-8-16)18-3-1-2-14-4-5-17(25-21(14)18)19-13-24-20-12-15(22(28)29)6-11-27(19)20/h1-6,11-13,16H,7-10,23H2,(H,28,29). The van der Waals surface area contributed by atoms with E-state index in [1.807, 2.05) is 10.5 Å². The normalized spacial score (nSPS) is 15.3. The van der Waals surface area contributed by atoms with Crippen molar-refractivity contribution in [2.75, 3.05) is 18.0 Å². The van der Waals surface area contributed by atoms with E-state index in [0.29, 0.717) is 5.65 Å². The predicted molar refractivity (Wildman–Crippen MR) is 112 cm³/mol. The number of para-hydroxylation sites is 1. The molecule has 1 aromatic carbocycles. The fourth-order valence-corrected chi connectivity index (χ4v) is 3.97. The molecule has 7 heteroatoms. The van der Waals surface area contributed by atoms with Crippen molar-refractivity contribution < 1.29 is 9.90 Å². The second kappa shape index (κ2) is 6.86. The van der Waals surface area contributed by atoms with Crippen LogP contribution >= 0.6 is 0 Å². The number of carbonyl (C=O) groups is 1. The third-order valence-corrected chi connectivity index (χ3v) is 5.60. The minimum absolute atomic E-state index is 0.215. The smallest absolute Gasteiger partial charge is 0.335 e. The van der Waals surface area contributed by atoms with Gasteiger partial charge >= 0.3 is 5.97 Å². The van der Waals surface area contributed by atoms with Gasteiger partial charge < -0.3 is 15.7 Å². The Morgan fingerprint density at radius 2 is 1.97 bits per heavy atom. The predicted octanol–water partition coefficient (Wildman–Crippen LogP) is 3.18. The van der Waals surface area contributed by atoms with Gasteiger partial charge in [-0.1, -0.05) is 18.2 Å². The molecule has 0 amide bonds. The van der Waals surface area contributed by atoms with E-state index in [-0.39, 0.29) is 11.6 Å². The first kappa shape index (κ1) is 17.6. The van der Waals surface area contributed by atoms with Crippen molar-refractivity contribution in [2.45, 2.75) is 18.9 Å². The summed E-state index contributed by atoms with van der Waals surface area (Å²) in [7, 11) is 0. The lowest BCUT2D eigenvalue weighted by molar-refractivity contribution is 0.0697. The third kappa shape index (κ3) is 3.09. The van der Waals surface area contributed by atoms with Gasteiger partial charge in [-0.2, -0.15) is 0 Å². The van der Waals surface area contributed by atoms with Crippen molar-refractivity contribution in [1.82, 2.24) is 14.4 Å². The lowest BCUT2D eigenvalue weighted by Crippen LogP contribution is -2.39. The van der Waals surface area contributed by atoms with Gasteiger partial charge in [-0.05, 0) is 37.1 Å². The second-order valence-corrected chi connectivity index (χ2v) is 7.46. The van der Waals surface area contributed by atoms with Gasteiger partial charge in [0.05, 0.1) is 34.4 Å². The van der Waals surface area contributed by atoms with Crippen molar-refractivity contribution in [3.8, 4) is 11.4 Å². The van der Waals surface area contributed by atoms with Gasteiger partial charge in [-0.15, -0.1) is 0 Å². The summed E-state index contributed by atoms with van der Waals surface area (Å²) < 4.78 is 1.86. The summed E-state index contributed by atoms with van der Waals surface area (Å²) in [5.74, 6) is -0.966. The maximum absolute atomic E-state index is 11.2. The topological polar surface area (TPSA) is 96.8 Å². The van der Waals surface area contributed by atoms with E-state index in [1.165, 1.54) is 0 Å². The molecule has 0 spiro atoms. The first-order valence-corrected chi connectivity index (χ1v) is 9.71. The minimum atomic E-state index is -0.966. The number of aromatic carboxylic acids is 1. The van der Waals surface area contributed by atoms with E-state index in [1.54, 1.807) is 24.5 Å². The van der Waals surface area contributed by atoms with Crippen molar-refractivity contribution >= 4 is 28.2 Å². The molecule has 4 heterocycles. The van der Waals surface area contributed by atoms with Gasteiger partial charge in [0.15, 0.2) is 0 Å². The van der Waals surface area contributed by atoms with E-state index < -0.39 is 5.97 Å². The number of hydrogen-bond acceptors (Lipinski definition) is 5. The van der Waals surface area contributed by atoms with Gasteiger partial charge in [0, 0.05) is 30.7 Å². The van der Waals surface area contributed by atoms with Crippen LogP contribution in [0.2, 0.25) is 0 Å².